The lowest BCUT2D eigenvalue weighted by atomic mass is 9.78. The van der Waals surface area contributed by atoms with Crippen molar-refractivity contribution in [3.63, 3.8) is 0 Å². The van der Waals surface area contributed by atoms with E-state index in [0.29, 0.717) is 18.8 Å². The van der Waals surface area contributed by atoms with Gasteiger partial charge in [0.15, 0.2) is 5.84 Å². The molecule has 1 rings (SSSR count). The van der Waals surface area contributed by atoms with Gasteiger partial charge in [0.05, 0.1) is 0 Å². The zero-order chi connectivity index (χ0) is 14.5. The summed E-state index contributed by atoms with van der Waals surface area (Å²) in [4.78, 5) is 12.6. The van der Waals surface area contributed by atoms with Gasteiger partial charge in [-0.05, 0) is 25.7 Å². The van der Waals surface area contributed by atoms with Crippen molar-refractivity contribution in [2.24, 2.45) is 22.2 Å². The number of amidine groups is 1. The number of nitrogens with one attached hydrogen (secondary N) is 1. The number of hydrogen-bond donors (Lipinski definition) is 3. The average Bonchev–Trinajstić information content (AvgIpc) is 2.64. The summed E-state index contributed by atoms with van der Waals surface area (Å²) in [6, 6.07) is 0.0825. The molecule has 0 bridgehead atoms. The number of hydrogen-bond acceptors (Lipinski definition) is 3. The topological polar surface area (TPSA) is 87.7 Å². The first-order valence-corrected chi connectivity index (χ1v) is 7.23. The SMILES string of the molecule is CC(C)C(C)NC(=O)C1(C(N)=NO)CCCCCC1. The van der Waals surface area contributed by atoms with E-state index in [4.69, 9.17) is 10.9 Å². The Morgan fingerprint density at radius 2 is 1.74 bits per heavy atom. The fourth-order valence-corrected chi connectivity index (χ4v) is 2.54. The monoisotopic (exact) mass is 269 g/mol. The summed E-state index contributed by atoms with van der Waals surface area (Å²) in [5.74, 6) is 0.327. The molecule has 1 amide bonds. The molecular formula is C14H27N3O2. The van der Waals surface area contributed by atoms with Gasteiger partial charge < -0.3 is 16.3 Å². The van der Waals surface area contributed by atoms with E-state index in [2.05, 4.69) is 24.3 Å². The Labute approximate surface area is 115 Å². The predicted octanol–water partition coefficient (Wildman–Crippen LogP) is 2.23. The molecule has 0 saturated heterocycles. The van der Waals surface area contributed by atoms with Crippen molar-refractivity contribution in [2.75, 3.05) is 0 Å². The number of nitrogens with two attached hydrogens (primary N) is 1. The highest BCUT2D eigenvalue weighted by molar-refractivity contribution is 6.06. The molecule has 1 aliphatic rings. The minimum Gasteiger partial charge on any atom is -0.409 e. The van der Waals surface area contributed by atoms with Gasteiger partial charge in [-0.15, -0.1) is 0 Å². The lowest BCUT2D eigenvalue weighted by Gasteiger charge is -2.32. The summed E-state index contributed by atoms with van der Waals surface area (Å²) in [6.07, 6.45) is 5.43. The Hall–Kier alpha value is -1.26. The largest absolute Gasteiger partial charge is 0.409 e. The van der Waals surface area contributed by atoms with E-state index >= 15 is 0 Å². The molecule has 4 N–H and O–H groups in total. The van der Waals surface area contributed by atoms with Gasteiger partial charge in [0.25, 0.3) is 0 Å². The molecule has 19 heavy (non-hydrogen) atoms. The first-order chi connectivity index (χ1) is 8.94. The highest BCUT2D eigenvalue weighted by atomic mass is 16.4. The van der Waals surface area contributed by atoms with Crippen molar-refractivity contribution >= 4 is 11.7 Å². The molecule has 0 aliphatic heterocycles. The Morgan fingerprint density at radius 3 is 2.16 bits per heavy atom. The summed E-state index contributed by atoms with van der Waals surface area (Å²) >= 11 is 0. The molecule has 1 atom stereocenters. The van der Waals surface area contributed by atoms with E-state index in [0.717, 1.165) is 25.7 Å². The Morgan fingerprint density at radius 1 is 1.21 bits per heavy atom. The van der Waals surface area contributed by atoms with Crippen LogP contribution in [0.2, 0.25) is 0 Å². The van der Waals surface area contributed by atoms with Crippen LogP contribution >= 0.6 is 0 Å². The first-order valence-electron chi connectivity index (χ1n) is 7.23. The summed E-state index contributed by atoms with van der Waals surface area (Å²) in [5, 5.41) is 15.2. The Balaban J connectivity index is 2.93. The molecule has 0 spiro atoms. The van der Waals surface area contributed by atoms with Crippen LogP contribution in [-0.4, -0.2) is 23.0 Å². The molecule has 1 aliphatic carbocycles. The number of carbonyl (C=O) groups is 1. The first kappa shape index (κ1) is 15.8. The van der Waals surface area contributed by atoms with Gasteiger partial charge in [-0.1, -0.05) is 44.7 Å². The number of oxime groups is 1. The summed E-state index contributed by atoms with van der Waals surface area (Å²) in [6.45, 7) is 6.11. The molecule has 110 valence electrons. The summed E-state index contributed by atoms with van der Waals surface area (Å²) in [7, 11) is 0. The minimum atomic E-state index is -0.825. The quantitative estimate of drug-likeness (QED) is 0.240. The maximum Gasteiger partial charge on any atom is 0.234 e. The van der Waals surface area contributed by atoms with Crippen LogP contribution in [-0.2, 0) is 4.79 Å². The number of amides is 1. The van der Waals surface area contributed by atoms with Crippen molar-refractivity contribution in [3.8, 4) is 0 Å². The van der Waals surface area contributed by atoms with Gasteiger partial charge in [-0.2, -0.15) is 0 Å². The molecule has 5 nitrogen and oxygen atoms in total. The number of nitrogens with zero attached hydrogens (tertiary/aromatic N) is 1. The third kappa shape index (κ3) is 3.61. The molecule has 0 radical (unpaired) electrons. The molecule has 0 aromatic rings. The van der Waals surface area contributed by atoms with E-state index in [9.17, 15) is 4.79 Å². The molecule has 5 heteroatoms. The third-order valence-electron chi connectivity index (χ3n) is 4.35. The van der Waals surface area contributed by atoms with E-state index < -0.39 is 5.41 Å². The predicted molar refractivity (Wildman–Crippen MR) is 76.0 cm³/mol. The molecular weight excluding hydrogens is 242 g/mol. The zero-order valence-corrected chi connectivity index (χ0v) is 12.3. The van der Waals surface area contributed by atoms with Crippen LogP contribution in [0.15, 0.2) is 5.16 Å². The second-order valence-corrected chi connectivity index (χ2v) is 5.99. The van der Waals surface area contributed by atoms with E-state index in [1.165, 1.54) is 0 Å². The van der Waals surface area contributed by atoms with Gasteiger partial charge in [0.2, 0.25) is 5.91 Å². The van der Waals surface area contributed by atoms with Crippen LogP contribution in [0.25, 0.3) is 0 Å². The lowest BCUT2D eigenvalue weighted by Crippen LogP contribution is -2.52. The summed E-state index contributed by atoms with van der Waals surface area (Å²) in [5.41, 5.74) is 5.02. The number of rotatable bonds is 4. The number of carbonyl (C=O) groups excluding carboxylic acids is 1. The molecule has 1 saturated carbocycles. The highest BCUT2D eigenvalue weighted by Gasteiger charge is 2.43. The molecule has 1 fully saturated rings. The van der Waals surface area contributed by atoms with Crippen LogP contribution in [0.1, 0.15) is 59.3 Å². The second-order valence-electron chi connectivity index (χ2n) is 5.99. The van der Waals surface area contributed by atoms with Crippen molar-refractivity contribution in [1.29, 1.82) is 0 Å². The van der Waals surface area contributed by atoms with E-state index in [1.807, 2.05) is 6.92 Å². The van der Waals surface area contributed by atoms with E-state index in [-0.39, 0.29) is 17.8 Å². The smallest absolute Gasteiger partial charge is 0.234 e. The van der Waals surface area contributed by atoms with Gasteiger partial charge in [0.1, 0.15) is 5.41 Å². The minimum absolute atomic E-state index is 0.0582. The van der Waals surface area contributed by atoms with Crippen LogP contribution in [0.3, 0.4) is 0 Å². The van der Waals surface area contributed by atoms with Crippen LogP contribution in [0, 0.1) is 11.3 Å². The van der Waals surface area contributed by atoms with Crippen molar-refractivity contribution in [2.45, 2.75) is 65.3 Å². The molecule has 0 heterocycles. The van der Waals surface area contributed by atoms with Crippen LogP contribution < -0.4 is 11.1 Å². The zero-order valence-electron chi connectivity index (χ0n) is 12.3. The molecule has 1 unspecified atom stereocenters. The van der Waals surface area contributed by atoms with Crippen molar-refractivity contribution in [1.82, 2.24) is 5.32 Å². The van der Waals surface area contributed by atoms with Gasteiger partial charge in [-0.3, -0.25) is 4.79 Å². The fraction of sp³-hybridized carbons (Fsp3) is 0.857. The third-order valence-corrected chi connectivity index (χ3v) is 4.35. The van der Waals surface area contributed by atoms with Gasteiger partial charge in [0, 0.05) is 6.04 Å². The van der Waals surface area contributed by atoms with E-state index in [1.54, 1.807) is 0 Å². The summed E-state index contributed by atoms with van der Waals surface area (Å²) < 4.78 is 0. The lowest BCUT2D eigenvalue weighted by molar-refractivity contribution is -0.129. The van der Waals surface area contributed by atoms with Gasteiger partial charge in [-0.25, -0.2) is 0 Å². The highest BCUT2D eigenvalue weighted by Crippen LogP contribution is 2.36. The van der Waals surface area contributed by atoms with Crippen molar-refractivity contribution < 1.29 is 10.0 Å². The Kier molecular flexibility index (Phi) is 5.63. The maximum atomic E-state index is 12.6. The van der Waals surface area contributed by atoms with Gasteiger partial charge >= 0.3 is 0 Å². The molecule has 0 aromatic carbocycles. The van der Waals surface area contributed by atoms with Crippen LogP contribution in [0.4, 0.5) is 0 Å². The fourth-order valence-electron chi connectivity index (χ4n) is 2.54. The normalized spacial score (nSPS) is 21.8. The average molecular weight is 269 g/mol. The van der Waals surface area contributed by atoms with Crippen molar-refractivity contribution in [3.05, 3.63) is 0 Å². The standard InChI is InChI=1S/C14H27N3O2/c1-10(2)11(3)16-13(18)14(12(15)17-19)8-6-4-5-7-9-14/h10-11,19H,4-9H2,1-3H3,(H2,15,17)(H,16,18). The Bertz CT molecular complexity index is 332. The maximum absolute atomic E-state index is 12.6. The molecule has 0 aromatic heterocycles. The second kappa shape index (κ2) is 6.78. The van der Waals surface area contributed by atoms with Crippen LogP contribution in [0.5, 0.6) is 0 Å².